The van der Waals surface area contributed by atoms with E-state index in [4.69, 9.17) is 11.6 Å². The highest BCUT2D eigenvalue weighted by Gasteiger charge is 2.46. The van der Waals surface area contributed by atoms with Crippen LogP contribution in [0.4, 0.5) is 5.69 Å². The first kappa shape index (κ1) is 18.0. The van der Waals surface area contributed by atoms with Crippen LogP contribution in [0.3, 0.4) is 0 Å². The molecule has 0 spiro atoms. The van der Waals surface area contributed by atoms with Crippen molar-refractivity contribution in [2.75, 3.05) is 4.90 Å². The predicted octanol–water partition coefficient (Wildman–Crippen LogP) is 4.97. The number of amides is 1. The topological polar surface area (TPSA) is 57.6 Å². The Morgan fingerprint density at radius 1 is 0.857 bits per heavy atom. The molecule has 0 aliphatic carbocycles. The van der Waals surface area contributed by atoms with E-state index in [0.717, 1.165) is 5.56 Å². The molecule has 4 rings (SSSR count). The van der Waals surface area contributed by atoms with Crippen LogP contribution in [-0.2, 0) is 9.59 Å². The fraction of sp³-hybridized carbons (Fsp3) is 0.0435. The Labute approximate surface area is 167 Å². The molecule has 3 aromatic rings. The van der Waals surface area contributed by atoms with Crippen LogP contribution in [0.1, 0.15) is 17.2 Å². The van der Waals surface area contributed by atoms with Gasteiger partial charge in [-0.15, -0.1) is 0 Å². The number of hydrogen-bond donors (Lipinski definition) is 1. The van der Waals surface area contributed by atoms with E-state index >= 15 is 0 Å². The number of aliphatic hydroxyl groups excluding tert-OH is 1. The summed E-state index contributed by atoms with van der Waals surface area (Å²) in [6, 6.07) is 24.0. The van der Waals surface area contributed by atoms with Gasteiger partial charge in [-0.25, -0.2) is 0 Å². The number of rotatable bonds is 3. The van der Waals surface area contributed by atoms with E-state index in [1.807, 2.05) is 36.4 Å². The fourth-order valence-corrected chi connectivity index (χ4v) is 3.62. The summed E-state index contributed by atoms with van der Waals surface area (Å²) >= 11 is 6.04. The number of Topliss-reactive ketones (excluding diaryl/α,β-unsaturated/α-hetero) is 1. The number of carbonyl (C=O) groups excluding carboxylic acids is 2. The molecule has 1 heterocycles. The normalized spacial score (nSPS) is 18.5. The first-order valence-electron chi connectivity index (χ1n) is 8.75. The Hall–Kier alpha value is -3.37. The molecule has 4 nitrogen and oxygen atoms in total. The minimum atomic E-state index is -0.734. The van der Waals surface area contributed by atoms with Crippen LogP contribution in [0.2, 0.25) is 5.02 Å². The average Bonchev–Trinajstić information content (AvgIpc) is 2.99. The Morgan fingerprint density at radius 2 is 1.50 bits per heavy atom. The molecule has 0 radical (unpaired) electrons. The number of nitrogens with zero attached hydrogens (tertiary/aromatic N) is 1. The maximum absolute atomic E-state index is 12.9. The average molecular weight is 390 g/mol. The van der Waals surface area contributed by atoms with Crippen molar-refractivity contribution in [3.8, 4) is 0 Å². The number of halogens is 1. The van der Waals surface area contributed by atoms with Gasteiger partial charge in [0.05, 0.1) is 11.6 Å². The van der Waals surface area contributed by atoms with E-state index in [2.05, 4.69) is 0 Å². The lowest BCUT2D eigenvalue weighted by atomic mass is 9.95. The van der Waals surface area contributed by atoms with Gasteiger partial charge < -0.3 is 5.11 Å². The number of aliphatic hydroxyl groups is 1. The summed E-state index contributed by atoms with van der Waals surface area (Å²) in [5.41, 5.74) is 1.75. The summed E-state index contributed by atoms with van der Waals surface area (Å²) in [5, 5.41) is 11.4. The minimum absolute atomic E-state index is 0.0438. The van der Waals surface area contributed by atoms with Crippen LogP contribution < -0.4 is 4.90 Å². The lowest BCUT2D eigenvalue weighted by Crippen LogP contribution is -2.29. The minimum Gasteiger partial charge on any atom is -0.507 e. The second-order valence-corrected chi connectivity index (χ2v) is 6.86. The van der Waals surface area contributed by atoms with Crippen molar-refractivity contribution in [2.45, 2.75) is 6.04 Å². The second-order valence-electron chi connectivity index (χ2n) is 6.43. The third-order valence-electron chi connectivity index (χ3n) is 4.69. The Bertz CT molecular complexity index is 1080. The maximum atomic E-state index is 12.9. The maximum Gasteiger partial charge on any atom is 0.300 e. The molecule has 1 unspecified atom stereocenters. The number of anilines is 1. The van der Waals surface area contributed by atoms with Gasteiger partial charge in [0.25, 0.3) is 11.7 Å². The van der Waals surface area contributed by atoms with Crippen molar-refractivity contribution in [1.29, 1.82) is 0 Å². The Balaban J connectivity index is 1.95. The Kier molecular flexibility index (Phi) is 4.72. The molecular formula is C23H16ClNO3. The zero-order chi connectivity index (χ0) is 19.7. The highest BCUT2D eigenvalue weighted by atomic mass is 35.5. The van der Waals surface area contributed by atoms with Gasteiger partial charge in [0.1, 0.15) is 5.76 Å². The monoisotopic (exact) mass is 389 g/mol. The molecule has 0 saturated carbocycles. The first-order chi connectivity index (χ1) is 13.6. The van der Waals surface area contributed by atoms with Crippen molar-refractivity contribution < 1.29 is 14.7 Å². The van der Waals surface area contributed by atoms with Crippen LogP contribution in [0, 0.1) is 0 Å². The van der Waals surface area contributed by atoms with Crippen molar-refractivity contribution in [3.63, 3.8) is 0 Å². The SMILES string of the molecule is O=C1C(=O)N(c2ccccc2)C(c2ccccc2)/C1=C(/O)c1cccc(Cl)c1. The first-order valence-corrected chi connectivity index (χ1v) is 9.12. The lowest BCUT2D eigenvalue weighted by molar-refractivity contribution is -0.132. The van der Waals surface area contributed by atoms with E-state index in [1.165, 1.54) is 4.90 Å². The molecule has 5 heteroatoms. The molecule has 1 aliphatic rings. The molecule has 0 bridgehead atoms. The molecule has 1 atom stereocenters. The molecule has 28 heavy (non-hydrogen) atoms. The smallest absolute Gasteiger partial charge is 0.300 e. The predicted molar refractivity (Wildman–Crippen MR) is 109 cm³/mol. The Morgan fingerprint density at radius 3 is 2.14 bits per heavy atom. The highest BCUT2D eigenvalue weighted by Crippen LogP contribution is 2.42. The van der Waals surface area contributed by atoms with E-state index in [0.29, 0.717) is 16.3 Å². The third kappa shape index (κ3) is 3.08. The largest absolute Gasteiger partial charge is 0.507 e. The van der Waals surface area contributed by atoms with E-state index < -0.39 is 17.7 Å². The van der Waals surface area contributed by atoms with Crippen molar-refractivity contribution in [2.24, 2.45) is 0 Å². The molecule has 3 aromatic carbocycles. The number of ketones is 1. The van der Waals surface area contributed by atoms with Crippen molar-refractivity contribution >= 4 is 34.7 Å². The van der Waals surface area contributed by atoms with Crippen LogP contribution in [0.25, 0.3) is 5.76 Å². The third-order valence-corrected chi connectivity index (χ3v) is 4.93. The summed E-state index contributed by atoms with van der Waals surface area (Å²) in [4.78, 5) is 27.3. The highest BCUT2D eigenvalue weighted by molar-refractivity contribution is 6.51. The van der Waals surface area contributed by atoms with Crippen molar-refractivity contribution in [1.82, 2.24) is 0 Å². The van der Waals surface area contributed by atoms with Gasteiger partial charge in [-0.05, 0) is 29.8 Å². The van der Waals surface area contributed by atoms with Gasteiger partial charge in [0.15, 0.2) is 0 Å². The molecular weight excluding hydrogens is 374 g/mol. The van der Waals surface area contributed by atoms with Gasteiger partial charge in [-0.3, -0.25) is 14.5 Å². The summed E-state index contributed by atoms with van der Waals surface area (Å²) in [7, 11) is 0. The van der Waals surface area contributed by atoms with Gasteiger partial charge in [-0.1, -0.05) is 72.3 Å². The van der Waals surface area contributed by atoms with E-state index in [-0.39, 0.29) is 11.3 Å². The number of para-hydroxylation sites is 1. The van der Waals surface area contributed by atoms with Gasteiger partial charge in [0.2, 0.25) is 0 Å². The quantitative estimate of drug-likeness (QED) is 0.391. The number of hydrogen-bond acceptors (Lipinski definition) is 3. The van der Waals surface area contributed by atoms with Gasteiger partial charge in [0, 0.05) is 16.3 Å². The number of carbonyl (C=O) groups is 2. The summed E-state index contributed by atoms with van der Waals surface area (Å²) < 4.78 is 0. The molecule has 0 aromatic heterocycles. The van der Waals surface area contributed by atoms with E-state index in [9.17, 15) is 14.7 Å². The van der Waals surface area contributed by atoms with Crippen LogP contribution in [0.15, 0.2) is 90.5 Å². The molecule has 1 N–H and O–H groups in total. The zero-order valence-corrected chi connectivity index (χ0v) is 15.5. The van der Waals surface area contributed by atoms with E-state index in [1.54, 1.807) is 48.5 Å². The van der Waals surface area contributed by atoms with Gasteiger partial charge >= 0.3 is 0 Å². The second kappa shape index (κ2) is 7.33. The van der Waals surface area contributed by atoms with Crippen LogP contribution in [0.5, 0.6) is 0 Å². The fourth-order valence-electron chi connectivity index (χ4n) is 3.43. The summed E-state index contributed by atoms with van der Waals surface area (Å²) in [6.45, 7) is 0. The molecule has 138 valence electrons. The number of benzene rings is 3. The molecule has 1 amide bonds. The summed E-state index contributed by atoms with van der Waals surface area (Å²) in [6.07, 6.45) is 0. The van der Waals surface area contributed by atoms with Crippen molar-refractivity contribution in [3.05, 3.63) is 107 Å². The molecule has 1 fully saturated rings. The molecule has 1 saturated heterocycles. The lowest BCUT2D eigenvalue weighted by Gasteiger charge is -2.25. The van der Waals surface area contributed by atoms with Crippen LogP contribution >= 0.6 is 11.6 Å². The summed E-state index contributed by atoms with van der Waals surface area (Å²) in [5.74, 6) is -1.65. The van der Waals surface area contributed by atoms with Crippen LogP contribution in [-0.4, -0.2) is 16.8 Å². The zero-order valence-electron chi connectivity index (χ0n) is 14.7. The molecule has 1 aliphatic heterocycles. The standard InChI is InChI=1S/C23H16ClNO3/c24-17-11-7-10-16(14-17)21(26)19-20(15-8-3-1-4-9-15)25(23(28)22(19)27)18-12-5-2-6-13-18/h1-14,20,26H/b21-19-. The van der Waals surface area contributed by atoms with Gasteiger partial charge in [-0.2, -0.15) is 0 Å².